The van der Waals surface area contributed by atoms with E-state index in [9.17, 15) is 9.59 Å². The SMILES string of the molecule is O=C(NCCO)[C]1[CH][CH][CH][C]1P(c1ccccc1)c1ccccc1.O=C(NCCO)[C]1[CH][CH][CH][C]1P(c1ccccc1)c1ccccc1.[Fe+2]. The third-order valence-corrected chi connectivity index (χ3v) is 12.4. The standard InChI is InChI=1S/2C20H19NO2P.Fe/c2*22-15-14-21-20(23)18-12-7-13-19(18)24(16-8-3-1-4-9-16)17-10-5-2-6-11-17;/h2*1-13,22H,14-15H2,(H,21,23);/q;;+2. The Morgan fingerprint density at radius 3 is 1.02 bits per heavy atom. The molecule has 0 aromatic heterocycles. The normalized spacial score (nSPS) is 15.4. The fraction of sp³-hybridized carbons (Fsp3) is 0.100. The molecule has 2 saturated carbocycles. The number of nitrogens with one attached hydrogen (secondary N) is 2. The summed E-state index contributed by atoms with van der Waals surface area (Å²) in [5.41, 5.74) is 2.08. The van der Waals surface area contributed by atoms with Crippen molar-refractivity contribution >= 4 is 48.9 Å². The fourth-order valence-electron chi connectivity index (χ4n) is 5.29. The van der Waals surface area contributed by atoms with Crippen molar-refractivity contribution in [1.29, 1.82) is 0 Å². The molecule has 2 aliphatic carbocycles. The van der Waals surface area contributed by atoms with E-state index >= 15 is 0 Å². The molecule has 0 spiro atoms. The molecule has 0 unspecified atom stereocenters. The van der Waals surface area contributed by atoms with Crippen LogP contribution in [0.4, 0.5) is 0 Å². The molecule has 248 valence electrons. The number of aliphatic hydroxyl groups excluding tert-OH is 2. The zero-order valence-corrected chi connectivity index (χ0v) is 29.7. The van der Waals surface area contributed by atoms with Gasteiger partial charge in [-0.25, -0.2) is 0 Å². The molecule has 49 heavy (non-hydrogen) atoms. The first-order valence-corrected chi connectivity index (χ1v) is 18.4. The van der Waals surface area contributed by atoms with Gasteiger partial charge in [0.05, 0.1) is 25.0 Å². The summed E-state index contributed by atoms with van der Waals surface area (Å²) in [5, 5.41) is 28.2. The Kier molecular flexibility index (Phi) is 16.4. The molecule has 0 aliphatic heterocycles. The van der Waals surface area contributed by atoms with Gasteiger partial charge in [-0.3, -0.25) is 9.59 Å². The number of rotatable bonds is 12. The Hall–Kier alpha value is -2.88. The van der Waals surface area contributed by atoms with Crippen molar-refractivity contribution in [3.05, 3.63) is 183 Å². The quantitative estimate of drug-likeness (QED) is 0.132. The monoisotopic (exact) mass is 728 g/mol. The second-order valence-corrected chi connectivity index (χ2v) is 15.0. The van der Waals surface area contributed by atoms with E-state index in [0.29, 0.717) is 11.8 Å². The zero-order valence-electron chi connectivity index (χ0n) is 26.8. The van der Waals surface area contributed by atoms with Crippen LogP contribution in [0.15, 0.2) is 121 Å². The number of carbonyl (C=O) groups is 2. The summed E-state index contributed by atoms with van der Waals surface area (Å²) in [5.74, 6) is 1.09. The van der Waals surface area contributed by atoms with Crippen molar-refractivity contribution in [3.63, 3.8) is 0 Å². The molecule has 6 rings (SSSR count). The maximum Gasteiger partial charge on any atom is 2.00 e. The molecule has 6 nitrogen and oxygen atoms in total. The van der Waals surface area contributed by atoms with Gasteiger partial charge in [0.15, 0.2) is 0 Å². The van der Waals surface area contributed by atoms with Gasteiger partial charge in [-0.2, -0.15) is 0 Å². The number of carbonyl (C=O) groups excluding carboxylic acids is 2. The van der Waals surface area contributed by atoms with Crippen LogP contribution in [0, 0.1) is 61.7 Å². The number of hydrogen-bond acceptors (Lipinski definition) is 4. The van der Waals surface area contributed by atoms with E-state index in [-0.39, 0.29) is 55.2 Å². The summed E-state index contributed by atoms with van der Waals surface area (Å²) >= 11 is 0. The average molecular weight is 729 g/mol. The van der Waals surface area contributed by atoms with Crippen LogP contribution >= 0.6 is 15.8 Å². The van der Waals surface area contributed by atoms with Crippen molar-refractivity contribution in [1.82, 2.24) is 10.6 Å². The minimum atomic E-state index is -0.801. The van der Waals surface area contributed by atoms with Gasteiger partial charge in [-0.1, -0.05) is 121 Å². The van der Waals surface area contributed by atoms with Gasteiger partial charge < -0.3 is 20.8 Å². The topological polar surface area (TPSA) is 98.7 Å². The van der Waals surface area contributed by atoms with Crippen molar-refractivity contribution in [3.8, 4) is 0 Å². The van der Waals surface area contributed by atoms with E-state index in [1.165, 1.54) is 21.2 Å². The molecule has 4 aromatic carbocycles. The van der Waals surface area contributed by atoms with Crippen molar-refractivity contribution in [2.45, 2.75) is 0 Å². The van der Waals surface area contributed by atoms with Crippen LogP contribution < -0.4 is 31.9 Å². The predicted octanol–water partition coefficient (Wildman–Crippen LogP) is 3.92. The van der Waals surface area contributed by atoms with Gasteiger partial charge in [0.25, 0.3) is 0 Å². The van der Waals surface area contributed by atoms with Crippen LogP contribution in [-0.4, -0.2) is 48.3 Å². The van der Waals surface area contributed by atoms with Crippen LogP contribution in [0.5, 0.6) is 0 Å². The number of amides is 2. The molecule has 0 saturated heterocycles. The maximum absolute atomic E-state index is 12.4. The van der Waals surface area contributed by atoms with E-state index in [0.717, 1.165) is 11.3 Å². The third-order valence-electron chi connectivity index (χ3n) is 7.41. The van der Waals surface area contributed by atoms with Crippen LogP contribution in [0.25, 0.3) is 0 Å². The first-order valence-electron chi connectivity index (χ1n) is 15.7. The minimum Gasteiger partial charge on any atom is -0.395 e. The molecule has 0 atom stereocenters. The number of hydrogen-bond donors (Lipinski definition) is 4. The van der Waals surface area contributed by atoms with Crippen molar-refractivity contribution < 1.29 is 36.9 Å². The molecule has 0 bridgehead atoms. The van der Waals surface area contributed by atoms with Gasteiger partial charge in [0.1, 0.15) is 0 Å². The van der Waals surface area contributed by atoms with Gasteiger partial charge in [-0.15, -0.1) is 0 Å². The average Bonchev–Trinajstić information content (AvgIpc) is 3.83. The first-order chi connectivity index (χ1) is 23.6. The first kappa shape index (κ1) is 38.9. The molecule has 4 aromatic rings. The second-order valence-electron chi connectivity index (χ2n) is 10.6. The summed E-state index contributed by atoms with van der Waals surface area (Å²) in [6.07, 6.45) is 11.6. The van der Waals surface area contributed by atoms with Crippen LogP contribution in [-0.2, 0) is 26.7 Å². The van der Waals surface area contributed by atoms with Gasteiger partial charge in [0.2, 0.25) is 11.8 Å². The molecule has 4 N–H and O–H groups in total. The number of benzene rings is 4. The maximum atomic E-state index is 12.4. The van der Waals surface area contributed by atoms with Crippen LogP contribution in [0.2, 0.25) is 0 Å². The van der Waals surface area contributed by atoms with Crippen molar-refractivity contribution in [2.24, 2.45) is 0 Å². The number of aliphatic hydroxyl groups is 2. The molecule has 10 radical (unpaired) electrons. The van der Waals surface area contributed by atoms with Crippen molar-refractivity contribution in [2.75, 3.05) is 26.3 Å². The molecule has 0 heterocycles. The smallest absolute Gasteiger partial charge is 0.395 e. The molecular weight excluding hydrogens is 690 g/mol. The fourth-order valence-corrected chi connectivity index (χ4v) is 10.2. The van der Waals surface area contributed by atoms with Crippen LogP contribution in [0.3, 0.4) is 0 Å². The Balaban J connectivity index is 0.000000216. The summed E-state index contributed by atoms with van der Waals surface area (Å²) in [4.78, 5) is 24.9. The summed E-state index contributed by atoms with van der Waals surface area (Å²) in [6.45, 7) is 0.401. The molecular formula is C40H38FeN2O4P2+2. The van der Waals surface area contributed by atoms with E-state index in [1.54, 1.807) is 0 Å². The van der Waals surface area contributed by atoms with Crippen LogP contribution in [0.1, 0.15) is 0 Å². The molecule has 2 fully saturated rings. The largest absolute Gasteiger partial charge is 2.00 e. The Labute approximate surface area is 304 Å². The van der Waals surface area contributed by atoms with E-state index in [1.807, 2.05) is 111 Å². The van der Waals surface area contributed by atoms with E-state index in [2.05, 4.69) is 59.2 Å². The van der Waals surface area contributed by atoms with Gasteiger partial charge in [-0.05, 0) is 75.6 Å². The Morgan fingerprint density at radius 1 is 0.469 bits per heavy atom. The molecule has 9 heteroatoms. The third kappa shape index (κ3) is 10.6. The summed E-state index contributed by atoms with van der Waals surface area (Å²) in [7, 11) is -1.60. The summed E-state index contributed by atoms with van der Waals surface area (Å²) < 4.78 is 0. The van der Waals surface area contributed by atoms with E-state index in [4.69, 9.17) is 10.2 Å². The minimum absolute atomic E-state index is 0. The second kappa shape index (κ2) is 20.7. The van der Waals surface area contributed by atoms with E-state index < -0.39 is 15.8 Å². The Morgan fingerprint density at radius 2 is 0.755 bits per heavy atom. The van der Waals surface area contributed by atoms with Gasteiger partial charge >= 0.3 is 17.1 Å². The Bertz CT molecular complexity index is 1340. The zero-order chi connectivity index (χ0) is 33.6. The predicted molar refractivity (Wildman–Crippen MR) is 197 cm³/mol. The molecule has 2 amide bonds. The summed E-state index contributed by atoms with van der Waals surface area (Å²) in [6, 6.07) is 41.1. The van der Waals surface area contributed by atoms with Gasteiger partial charge in [0, 0.05) is 24.4 Å². The molecule has 2 aliphatic rings.